The molecule has 0 amide bonds. The number of hydrogen-bond acceptors (Lipinski definition) is 3. The van der Waals surface area contributed by atoms with Gasteiger partial charge in [-0.15, -0.1) is 0 Å². The number of nitrogens with zero attached hydrogens (tertiary/aromatic N) is 3. The Bertz CT molecular complexity index is 772. The maximum Gasteiger partial charge on any atom is 0.116 e. The van der Waals surface area contributed by atoms with Crippen molar-refractivity contribution in [3.8, 4) is 0 Å². The van der Waals surface area contributed by atoms with Crippen molar-refractivity contribution in [1.82, 2.24) is 9.97 Å². The Hall–Kier alpha value is -2.29. The largest absolute Gasteiger partial charge is 0.248 e. The molecule has 0 N–H and O–H groups in total. The highest BCUT2D eigenvalue weighted by molar-refractivity contribution is 5.81. The van der Waals surface area contributed by atoms with Gasteiger partial charge in [-0.3, -0.25) is 0 Å². The summed E-state index contributed by atoms with van der Waals surface area (Å²) in [5, 5.41) is 2.22. The minimum absolute atomic E-state index is 0.868. The van der Waals surface area contributed by atoms with E-state index in [9.17, 15) is 0 Å². The number of para-hydroxylation sites is 1. The molecule has 0 atom stereocenters. The van der Waals surface area contributed by atoms with E-state index in [1.807, 2.05) is 24.4 Å². The molecule has 0 bridgehead atoms. The highest BCUT2D eigenvalue weighted by Crippen LogP contribution is 2.28. The van der Waals surface area contributed by atoms with Crippen molar-refractivity contribution in [3.05, 3.63) is 70.4 Å². The lowest BCUT2D eigenvalue weighted by molar-refractivity contribution is 1.04. The molecule has 2 aliphatic rings. The summed E-state index contributed by atoms with van der Waals surface area (Å²) in [7, 11) is 0. The summed E-state index contributed by atoms with van der Waals surface area (Å²) >= 11 is 0. The lowest BCUT2D eigenvalue weighted by atomic mass is 9.95. The third-order valence-electron chi connectivity index (χ3n) is 3.21. The first-order valence-electron chi connectivity index (χ1n) is 5.61. The molecule has 1 aliphatic carbocycles. The van der Waals surface area contributed by atoms with Gasteiger partial charge in [0.1, 0.15) is 6.33 Å². The van der Waals surface area contributed by atoms with Gasteiger partial charge < -0.3 is 0 Å². The molecule has 1 aromatic carbocycles. The molecule has 4 rings (SSSR count). The molecule has 1 aliphatic heterocycles. The first-order valence-corrected chi connectivity index (χ1v) is 5.61. The topological polar surface area (TPSA) is 38.1 Å². The van der Waals surface area contributed by atoms with Crippen LogP contribution in [0, 0.1) is 0 Å². The van der Waals surface area contributed by atoms with E-state index in [0.29, 0.717) is 0 Å². The predicted molar refractivity (Wildman–Crippen MR) is 63.6 cm³/mol. The van der Waals surface area contributed by atoms with Crippen molar-refractivity contribution >= 4 is 5.57 Å². The molecule has 0 radical (unpaired) electrons. The van der Waals surface area contributed by atoms with Crippen molar-refractivity contribution < 1.29 is 0 Å². The molecule has 0 unspecified atom stereocenters. The van der Waals surface area contributed by atoms with E-state index in [2.05, 4.69) is 27.1 Å². The van der Waals surface area contributed by atoms with Gasteiger partial charge in [0.15, 0.2) is 0 Å². The maximum absolute atomic E-state index is 4.64. The standard InChI is InChI=1S/C14H9N3/c1-2-4-11-10(3-1)13-12(17-11)6-5-9-7-15-8-16-14(9)13/h1-4,6-8H,5H2. The summed E-state index contributed by atoms with van der Waals surface area (Å²) in [6.07, 6.45) is 6.52. The van der Waals surface area contributed by atoms with Gasteiger partial charge in [-0.25, -0.2) is 15.0 Å². The molecule has 1 aromatic heterocycles. The summed E-state index contributed by atoms with van der Waals surface area (Å²) in [4.78, 5) is 13.1. The average molecular weight is 219 g/mol. The summed E-state index contributed by atoms with van der Waals surface area (Å²) in [6, 6.07) is 8.20. The van der Waals surface area contributed by atoms with Crippen LogP contribution < -0.4 is 10.6 Å². The molecular formula is C14H9N3. The number of aromatic nitrogens is 2. The van der Waals surface area contributed by atoms with Gasteiger partial charge in [-0.1, -0.05) is 24.3 Å². The van der Waals surface area contributed by atoms with Crippen LogP contribution in [-0.4, -0.2) is 9.97 Å². The molecule has 3 nitrogen and oxygen atoms in total. The van der Waals surface area contributed by atoms with E-state index in [1.54, 1.807) is 6.33 Å². The van der Waals surface area contributed by atoms with Gasteiger partial charge in [-0.2, -0.15) is 0 Å². The Labute approximate surface area is 97.9 Å². The highest BCUT2D eigenvalue weighted by Gasteiger charge is 2.22. The number of hydrogen-bond donors (Lipinski definition) is 0. The molecule has 0 fully saturated rings. The Balaban J connectivity index is 2.19. The van der Waals surface area contributed by atoms with Gasteiger partial charge in [0.2, 0.25) is 0 Å². The normalized spacial score (nSPS) is 15.5. The highest BCUT2D eigenvalue weighted by atomic mass is 14.9. The monoisotopic (exact) mass is 219 g/mol. The molecular weight excluding hydrogens is 210 g/mol. The second-order valence-corrected chi connectivity index (χ2v) is 4.19. The van der Waals surface area contributed by atoms with Crippen molar-refractivity contribution in [1.29, 1.82) is 0 Å². The molecule has 0 saturated heterocycles. The lowest BCUT2D eigenvalue weighted by Gasteiger charge is -2.13. The summed E-state index contributed by atoms with van der Waals surface area (Å²) in [6.45, 7) is 0. The zero-order chi connectivity index (χ0) is 11.2. The number of benzene rings is 1. The van der Waals surface area contributed by atoms with Crippen LogP contribution in [0.2, 0.25) is 0 Å². The van der Waals surface area contributed by atoms with Crippen LogP contribution >= 0.6 is 0 Å². The van der Waals surface area contributed by atoms with Crippen LogP contribution in [0.25, 0.3) is 5.57 Å². The summed E-state index contributed by atoms with van der Waals surface area (Å²) in [5.41, 5.74) is 4.42. The fourth-order valence-electron chi connectivity index (χ4n) is 2.44. The predicted octanol–water partition coefficient (Wildman–Crippen LogP) is 0.749. The Morgan fingerprint density at radius 2 is 2.06 bits per heavy atom. The minimum Gasteiger partial charge on any atom is -0.248 e. The van der Waals surface area contributed by atoms with Crippen molar-refractivity contribution in [2.24, 2.45) is 4.99 Å². The van der Waals surface area contributed by atoms with Gasteiger partial charge in [0.05, 0.1) is 16.7 Å². The SMILES string of the molecule is C1=C2N=c3ccccc3=C2c2ncncc2C1. The fourth-order valence-corrected chi connectivity index (χ4v) is 2.44. The van der Waals surface area contributed by atoms with E-state index < -0.39 is 0 Å². The van der Waals surface area contributed by atoms with Crippen LogP contribution in [0.5, 0.6) is 0 Å². The van der Waals surface area contributed by atoms with E-state index in [0.717, 1.165) is 28.7 Å². The Morgan fingerprint density at radius 1 is 1.12 bits per heavy atom. The minimum atomic E-state index is 0.868. The first-order chi connectivity index (χ1) is 8.43. The molecule has 2 aromatic rings. The van der Waals surface area contributed by atoms with Crippen LogP contribution in [-0.2, 0) is 6.42 Å². The number of rotatable bonds is 0. The summed E-state index contributed by atoms with van der Waals surface area (Å²) in [5.74, 6) is 0. The summed E-state index contributed by atoms with van der Waals surface area (Å²) < 4.78 is 0. The van der Waals surface area contributed by atoms with E-state index in [4.69, 9.17) is 0 Å². The number of fused-ring (bicyclic) bond motifs is 4. The molecule has 17 heavy (non-hydrogen) atoms. The van der Waals surface area contributed by atoms with Gasteiger partial charge in [-0.05, 0) is 12.5 Å². The van der Waals surface area contributed by atoms with Crippen molar-refractivity contribution in [2.45, 2.75) is 6.42 Å². The van der Waals surface area contributed by atoms with E-state index in [1.165, 1.54) is 10.8 Å². The molecule has 3 heteroatoms. The molecule has 80 valence electrons. The van der Waals surface area contributed by atoms with E-state index in [-0.39, 0.29) is 0 Å². The lowest BCUT2D eigenvalue weighted by Crippen LogP contribution is -2.23. The van der Waals surface area contributed by atoms with Gasteiger partial charge >= 0.3 is 0 Å². The zero-order valence-corrected chi connectivity index (χ0v) is 9.09. The van der Waals surface area contributed by atoms with E-state index >= 15 is 0 Å². The van der Waals surface area contributed by atoms with Crippen LogP contribution in [0.15, 0.2) is 53.6 Å². The Kier molecular flexibility index (Phi) is 1.61. The van der Waals surface area contributed by atoms with Gasteiger partial charge in [0.25, 0.3) is 0 Å². The first kappa shape index (κ1) is 8.82. The fraction of sp³-hybridized carbons (Fsp3) is 0.0714. The van der Waals surface area contributed by atoms with Crippen molar-refractivity contribution in [2.75, 3.05) is 0 Å². The molecule has 0 spiro atoms. The van der Waals surface area contributed by atoms with Crippen LogP contribution in [0.3, 0.4) is 0 Å². The molecule has 0 saturated carbocycles. The van der Waals surface area contributed by atoms with Gasteiger partial charge in [0, 0.05) is 22.6 Å². The third kappa shape index (κ3) is 1.13. The average Bonchev–Trinajstić information content (AvgIpc) is 2.77. The number of allylic oxidation sites excluding steroid dienone is 2. The van der Waals surface area contributed by atoms with Crippen LogP contribution in [0.1, 0.15) is 11.3 Å². The Morgan fingerprint density at radius 3 is 3.06 bits per heavy atom. The third-order valence-corrected chi connectivity index (χ3v) is 3.21. The van der Waals surface area contributed by atoms with Crippen molar-refractivity contribution in [3.63, 3.8) is 0 Å². The molecule has 2 heterocycles. The van der Waals surface area contributed by atoms with Crippen LogP contribution in [0.4, 0.5) is 0 Å². The zero-order valence-electron chi connectivity index (χ0n) is 9.09. The maximum atomic E-state index is 4.64. The quantitative estimate of drug-likeness (QED) is 0.655. The second-order valence-electron chi connectivity index (χ2n) is 4.19. The second kappa shape index (κ2) is 3.10. The smallest absolute Gasteiger partial charge is 0.116 e.